The number of fused-ring (bicyclic) bond motifs is 1. The molecule has 0 bridgehead atoms. The van der Waals surface area contributed by atoms with E-state index in [1.54, 1.807) is 0 Å². The maximum atomic E-state index is 11.2. The van der Waals surface area contributed by atoms with Gasteiger partial charge >= 0.3 is 5.97 Å². The van der Waals surface area contributed by atoms with Crippen LogP contribution in [0.1, 0.15) is 16.1 Å². The van der Waals surface area contributed by atoms with Gasteiger partial charge in [-0.05, 0) is 47.9 Å². The second-order valence-corrected chi connectivity index (χ2v) is 5.65. The minimum atomic E-state index is -1.04. The van der Waals surface area contributed by atoms with Crippen LogP contribution >= 0.6 is 0 Å². The van der Waals surface area contributed by atoms with Crippen LogP contribution < -0.4 is 0 Å². The van der Waals surface area contributed by atoms with Gasteiger partial charge in [-0.25, -0.2) is 9.48 Å². The summed E-state index contributed by atoms with van der Waals surface area (Å²) in [6.07, 6.45) is 3.78. The molecule has 0 aliphatic rings. The Hall–Kier alpha value is -3.41. The monoisotopic (exact) mass is 318 g/mol. The Morgan fingerprint density at radius 1 is 1.12 bits per heavy atom. The van der Waals surface area contributed by atoms with Crippen molar-refractivity contribution in [3.8, 4) is 16.8 Å². The van der Waals surface area contributed by atoms with Crippen molar-refractivity contribution in [2.24, 2.45) is 0 Å². The standard InChI is InChI=1S/C18H14N4O2/c1-11-9-19-22(10-11)14-5-2-12(3-6-14)13-4-7-16-15(8-13)17(18(23)24)21-20-16/h2-10H,1H3,(H,20,21)(H,23,24). The molecule has 118 valence electrons. The molecule has 0 aliphatic carbocycles. The SMILES string of the molecule is Cc1cnn(-c2ccc(-c3ccc4[nH]nc(C(=O)O)c4c3)cc2)c1. The van der Waals surface area contributed by atoms with Gasteiger partial charge < -0.3 is 5.11 Å². The zero-order chi connectivity index (χ0) is 16.7. The van der Waals surface area contributed by atoms with Crippen LogP contribution in [0.5, 0.6) is 0 Å². The van der Waals surface area contributed by atoms with Crippen LogP contribution in [0.4, 0.5) is 0 Å². The molecule has 0 fully saturated rings. The third-order valence-corrected chi connectivity index (χ3v) is 3.94. The molecule has 0 amide bonds. The molecule has 0 unspecified atom stereocenters. The molecule has 6 heteroatoms. The fourth-order valence-corrected chi connectivity index (χ4v) is 2.72. The van der Waals surface area contributed by atoms with E-state index in [4.69, 9.17) is 0 Å². The topological polar surface area (TPSA) is 83.8 Å². The van der Waals surface area contributed by atoms with E-state index in [0.29, 0.717) is 10.9 Å². The van der Waals surface area contributed by atoms with Crippen LogP contribution in [0, 0.1) is 6.92 Å². The lowest BCUT2D eigenvalue weighted by Crippen LogP contribution is -1.96. The lowest BCUT2D eigenvalue weighted by Gasteiger charge is -2.05. The zero-order valence-corrected chi connectivity index (χ0v) is 12.9. The average Bonchev–Trinajstić information content (AvgIpc) is 3.20. The first-order chi connectivity index (χ1) is 11.6. The van der Waals surface area contributed by atoms with Gasteiger partial charge in [-0.1, -0.05) is 18.2 Å². The molecule has 0 atom stereocenters. The van der Waals surface area contributed by atoms with Gasteiger partial charge in [-0.2, -0.15) is 10.2 Å². The van der Waals surface area contributed by atoms with E-state index in [0.717, 1.165) is 22.4 Å². The molecule has 2 N–H and O–H groups in total. The summed E-state index contributed by atoms with van der Waals surface area (Å²) in [5, 5.41) is 20.7. The van der Waals surface area contributed by atoms with Crippen molar-refractivity contribution in [2.75, 3.05) is 0 Å². The van der Waals surface area contributed by atoms with E-state index in [1.165, 1.54) is 0 Å². The number of aromatic carboxylic acids is 1. The van der Waals surface area contributed by atoms with E-state index >= 15 is 0 Å². The molecule has 0 radical (unpaired) electrons. The number of nitrogens with zero attached hydrogens (tertiary/aromatic N) is 3. The molecule has 0 spiro atoms. The molecule has 2 heterocycles. The van der Waals surface area contributed by atoms with Gasteiger partial charge in [0, 0.05) is 11.6 Å². The van der Waals surface area contributed by atoms with Crippen molar-refractivity contribution >= 4 is 16.9 Å². The highest BCUT2D eigenvalue weighted by molar-refractivity contribution is 6.02. The van der Waals surface area contributed by atoms with Crippen molar-refractivity contribution < 1.29 is 9.90 Å². The molecule has 4 rings (SSSR count). The number of benzene rings is 2. The summed E-state index contributed by atoms with van der Waals surface area (Å²) in [6.45, 7) is 2.00. The summed E-state index contributed by atoms with van der Waals surface area (Å²) in [5.74, 6) is -1.04. The van der Waals surface area contributed by atoms with Crippen LogP contribution in [0.25, 0.3) is 27.7 Å². The Morgan fingerprint density at radius 3 is 2.54 bits per heavy atom. The lowest BCUT2D eigenvalue weighted by molar-refractivity contribution is 0.0692. The maximum Gasteiger partial charge on any atom is 0.357 e. The fourth-order valence-electron chi connectivity index (χ4n) is 2.72. The predicted molar refractivity (Wildman–Crippen MR) is 90.3 cm³/mol. The third kappa shape index (κ3) is 2.34. The summed E-state index contributed by atoms with van der Waals surface area (Å²) in [6, 6.07) is 13.6. The largest absolute Gasteiger partial charge is 0.476 e. The summed E-state index contributed by atoms with van der Waals surface area (Å²) >= 11 is 0. The van der Waals surface area contributed by atoms with Crippen molar-refractivity contribution in [3.05, 3.63) is 66.1 Å². The first kappa shape index (κ1) is 14.2. The van der Waals surface area contributed by atoms with E-state index in [2.05, 4.69) is 15.3 Å². The molecule has 6 nitrogen and oxygen atoms in total. The van der Waals surface area contributed by atoms with Crippen LogP contribution in [0.2, 0.25) is 0 Å². The first-order valence-electron chi connectivity index (χ1n) is 7.45. The molecule has 4 aromatic rings. The Kier molecular flexibility index (Phi) is 3.16. The van der Waals surface area contributed by atoms with Crippen molar-refractivity contribution in [1.82, 2.24) is 20.0 Å². The summed E-state index contributed by atoms with van der Waals surface area (Å²) in [5.41, 5.74) is 4.76. The van der Waals surface area contributed by atoms with E-state index in [-0.39, 0.29) is 5.69 Å². The first-order valence-corrected chi connectivity index (χ1v) is 7.45. The molecular formula is C18H14N4O2. The van der Waals surface area contributed by atoms with Crippen LogP contribution in [-0.2, 0) is 0 Å². The summed E-state index contributed by atoms with van der Waals surface area (Å²) < 4.78 is 1.82. The number of carboxylic acid groups (broad SMARTS) is 1. The molecular weight excluding hydrogens is 304 g/mol. The average molecular weight is 318 g/mol. The Labute approximate surface area is 137 Å². The third-order valence-electron chi connectivity index (χ3n) is 3.94. The summed E-state index contributed by atoms with van der Waals surface area (Å²) in [7, 11) is 0. The number of hydrogen-bond donors (Lipinski definition) is 2. The van der Waals surface area contributed by atoms with Gasteiger partial charge in [0.25, 0.3) is 0 Å². The summed E-state index contributed by atoms with van der Waals surface area (Å²) in [4.78, 5) is 11.2. The smallest absolute Gasteiger partial charge is 0.357 e. The fraction of sp³-hybridized carbons (Fsp3) is 0.0556. The quantitative estimate of drug-likeness (QED) is 0.606. The Bertz CT molecular complexity index is 1040. The van der Waals surface area contributed by atoms with Gasteiger partial charge in [-0.3, -0.25) is 5.10 Å². The van der Waals surface area contributed by atoms with Gasteiger partial charge in [0.2, 0.25) is 0 Å². The molecule has 24 heavy (non-hydrogen) atoms. The Morgan fingerprint density at radius 2 is 1.88 bits per heavy atom. The van der Waals surface area contributed by atoms with Crippen molar-refractivity contribution in [2.45, 2.75) is 6.92 Å². The Balaban J connectivity index is 1.74. The minimum absolute atomic E-state index is 0.0375. The van der Waals surface area contributed by atoms with E-state index < -0.39 is 5.97 Å². The number of nitrogens with one attached hydrogen (secondary N) is 1. The number of aryl methyl sites for hydroxylation is 1. The second-order valence-electron chi connectivity index (χ2n) is 5.65. The molecule has 0 aliphatic heterocycles. The number of aromatic nitrogens is 4. The minimum Gasteiger partial charge on any atom is -0.476 e. The van der Waals surface area contributed by atoms with Gasteiger partial charge in [0.1, 0.15) is 0 Å². The lowest BCUT2D eigenvalue weighted by atomic mass is 10.0. The number of H-pyrrole nitrogens is 1. The zero-order valence-electron chi connectivity index (χ0n) is 12.9. The highest BCUT2D eigenvalue weighted by atomic mass is 16.4. The van der Waals surface area contributed by atoms with Gasteiger partial charge in [0.15, 0.2) is 5.69 Å². The highest BCUT2D eigenvalue weighted by Crippen LogP contribution is 2.26. The highest BCUT2D eigenvalue weighted by Gasteiger charge is 2.13. The maximum absolute atomic E-state index is 11.2. The predicted octanol–water partition coefficient (Wildman–Crippen LogP) is 3.42. The second kappa shape index (κ2) is 5.34. The molecule has 0 saturated carbocycles. The number of hydrogen-bond acceptors (Lipinski definition) is 3. The van der Waals surface area contributed by atoms with Crippen molar-refractivity contribution in [1.29, 1.82) is 0 Å². The molecule has 2 aromatic carbocycles. The van der Waals surface area contributed by atoms with Crippen molar-refractivity contribution in [3.63, 3.8) is 0 Å². The van der Waals surface area contributed by atoms with Crippen LogP contribution in [0.3, 0.4) is 0 Å². The normalized spacial score (nSPS) is 11.0. The number of rotatable bonds is 3. The van der Waals surface area contributed by atoms with Crippen LogP contribution in [-0.4, -0.2) is 31.1 Å². The van der Waals surface area contributed by atoms with Crippen LogP contribution in [0.15, 0.2) is 54.9 Å². The van der Waals surface area contributed by atoms with Gasteiger partial charge in [-0.15, -0.1) is 0 Å². The van der Waals surface area contributed by atoms with E-state index in [1.807, 2.05) is 66.5 Å². The molecule has 2 aromatic heterocycles. The number of aromatic amines is 1. The number of carbonyl (C=O) groups is 1. The molecule has 0 saturated heterocycles. The number of carboxylic acids is 1. The van der Waals surface area contributed by atoms with E-state index in [9.17, 15) is 9.90 Å². The van der Waals surface area contributed by atoms with Gasteiger partial charge in [0.05, 0.1) is 17.4 Å².